The molecule has 0 saturated heterocycles. The summed E-state index contributed by atoms with van der Waals surface area (Å²) in [5.41, 5.74) is -0.0676. The topological polar surface area (TPSA) is 109 Å². The summed E-state index contributed by atoms with van der Waals surface area (Å²) < 4.78 is 48.0. The molecular formula is C22H17F3N6O2. The van der Waals surface area contributed by atoms with Gasteiger partial charge in [-0.2, -0.15) is 23.5 Å². The Kier molecular flexibility index (Phi) is 5.51. The zero-order valence-electron chi connectivity index (χ0n) is 17.5. The number of hydrogen-bond donors (Lipinski definition) is 2. The number of carbonyl (C=O) groups is 1. The molecule has 0 bridgehead atoms. The maximum Gasteiger partial charge on any atom is 0.435 e. The minimum Gasteiger partial charge on any atom is -0.497 e. The minimum atomic E-state index is -4.79. The van der Waals surface area contributed by atoms with E-state index in [1.54, 1.807) is 24.3 Å². The van der Waals surface area contributed by atoms with E-state index in [1.807, 2.05) is 0 Å². The van der Waals surface area contributed by atoms with Crippen LogP contribution in [0.1, 0.15) is 11.3 Å². The number of likely N-dealkylation sites (N-methyl/N-ethyl adjacent to an activating group) is 1. The monoisotopic (exact) mass is 454 g/mol. The number of hydrogen-bond acceptors (Lipinski definition) is 5. The van der Waals surface area contributed by atoms with Crippen molar-refractivity contribution in [3.63, 3.8) is 0 Å². The zero-order valence-corrected chi connectivity index (χ0v) is 17.5. The van der Waals surface area contributed by atoms with Crippen molar-refractivity contribution in [1.82, 2.24) is 25.1 Å². The van der Waals surface area contributed by atoms with E-state index >= 15 is 0 Å². The normalized spacial score (nSPS) is 11.4. The van der Waals surface area contributed by atoms with Gasteiger partial charge in [0.2, 0.25) is 5.91 Å². The summed E-state index contributed by atoms with van der Waals surface area (Å²) >= 11 is 0. The fourth-order valence-electron chi connectivity index (χ4n) is 3.58. The molecule has 33 heavy (non-hydrogen) atoms. The lowest BCUT2D eigenvalue weighted by Crippen LogP contribution is -2.24. The Labute approximate surface area is 185 Å². The van der Waals surface area contributed by atoms with Crippen LogP contribution in [-0.4, -0.2) is 39.8 Å². The standard InChI is InChI=1S/C22H17F3N6O2/c1-27-17(32)11-31-10-16(20(30-31)22(23,24)25)19-18(14-4-3-7-28-21(14)29-19)15-8-13(33-2)6-5-12(15)9-26/h3-8,10H,11H2,1-2H3,(H,27,32)(H,28,29). The van der Waals surface area contributed by atoms with E-state index < -0.39 is 24.3 Å². The van der Waals surface area contributed by atoms with Gasteiger partial charge in [-0.3, -0.25) is 9.48 Å². The fourth-order valence-corrected chi connectivity index (χ4v) is 3.58. The van der Waals surface area contributed by atoms with Gasteiger partial charge in [0.25, 0.3) is 0 Å². The van der Waals surface area contributed by atoms with E-state index in [9.17, 15) is 23.2 Å². The summed E-state index contributed by atoms with van der Waals surface area (Å²) in [5.74, 6) is -0.0737. The number of rotatable bonds is 5. The van der Waals surface area contributed by atoms with E-state index in [2.05, 4.69) is 26.5 Å². The number of ether oxygens (including phenoxy) is 1. The van der Waals surface area contributed by atoms with Gasteiger partial charge in [-0.15, -0.1) is 0 Å². The molecule has 0 aliphatic heterocycles. The van der Waals surface area contributed by atoms with Crippen molar-refractivity contribution in [2.75, 3.05) is 14.2 Å². The lowest BCUT2D eigenvalue weighted by molar-refractivity contribution is -0.141. The average Bonchev–Trinajstić information content (AvgIpc) is 3.39. The molecule has 0 spiro atoms. The predicted molar refractivity (Wildman–Crippen MR) is 113 cm³/mol. The third-order valence-electron chi connectivity index (χ3n) is 5.07. The van der Waals surface area contributed by atoms with Gasteiger partial charge >= 0.3 is 6.18 Å². The second-order valence-corrected chi connectivity index (χ2v) is 7.06. The second kappa shape index (κ2) is 8.31. The quantitative estimate of drug-likeness (QED) is 0.478. The van der Waals surface area contributed by atoms with Gasteiger partial charge in [-0.05, 0) is 30.3 Å². The van der Waals surface area contributed by atoms with Crippen molar-refractivity contribution >= 4 is 16.9 Å². The Bertz CT molecular complexity index is 1400. The number of H-pyrrole nitrogens is 1. The third kappa shape index (κ3) is 3.98. The number of aromatic amines is 1. The van der Waals surface area contributed by atoms with Gasteiger partial charge in [0.15, 0.2) is 5.69 Å². The summed E-state index contributed by atoms with van der Waals surface area (Å²) in [7, 11) is 2.83. The largest absolute Gasteiger partial charge is 0.497 e. The van der Waals surface area contributed by atoms with Gasteiger partial charge < -0.3 is 15.0 Å². The third-order valence-corrected chi connectivity index (χ3v) is 5.07. The van der Waals surface area contributed by atoms with Gasteiger partial charge in [0.1, 0.15) is 17.9 Å². The molecular weight excluding hydrogens is 437 g/mol. The van der Waals surface area contributed by atoms with Crippen LogP contribution in [-0.2, 0) is 17.5 Å². The number of fused-ring (bicyclic) bond motifs is 1. The number of amides is 1. The maximum atomic E-state index is 13.9. The fraction of sp³-hybridized carbons (Fsp3) is 0.182. The highest BCUT2D eigenvalue weighted by atomic mass is 19.4. The molecule has 0 saturated carbocycles. The number of carbonyl (C=O) groups excluding carboxylic acids is 1. The van der Waals surface area contributed by atoms with Crippen LogP contribution >= 0.6 is 0 Å². The van der Waals surface area contributed by atoms with Crippen molar-refractivity contribution in [2.45, 2.75) is 12.7 Å². The Hall–Kier alpha value is -4.33. The van der Waals surface area contributed by atoms with Crippen molar-refractivity contribution in [3.8, 4) is 34.2 Å². The van der Waals surface area contributed by atoms with Crippen LogP contribution in [0.3, 0.4) is 0 Å². The lowest BCUT2D eigenvalue weighted by atomic mass is 9.95. The smallest absolute Gasteiger partial charge is 0.435 e. The maximum absolute atomic E-state index is 13.9. The van der Waals surface area contributed by atoms with E-state index in [-0.39, 0.29) is 16.8 Å². The van der Waals surface area contributed by atoms with Crippen molar-refractivity contribution in [3.05, 3.63) is 54.0 Å². The molecule has 168 valence electrons. The molecule has 4 aromatic rings. The van der Waals surface area contributed by atoms with Gasteiger partial charge in [-0.25, -0.2) is 4.98 Å². The average molecular weight is 454 g/mol. The summed E-state index contributed by atoms with van der Waals surface area (Å²) in [6, 6.07) is 10.1. The number of alkyl halides is 3. The first-order valence-corrected chi connectivity index (χ1v) is 9.67. The van der Waals surface area contributed by atoms with Crippen LogP contribution < -0.4 is 10.1 Å². The number of benzene rings is 1. The summed E-state index contributed by atoms with van der Waals surface area (Å²) in [6.07, 6.45) is -2.14. The highest BCUT2D eigenvalue weighted by Crippen LogP contribution is 2.44. The molecule has 0 fully saturated rings. The molecule has 0 atom stereocenters. The Morgan fingerprint density at radius 1 is 1.30 bits per heavy atom. The van der Waals surface area contributed by atoms with Crippen molar-refractivity contribution in [2.24, 2.45) is 0 Å². The van der Waals surface area contributed by atoms with E-state index in [1.165, 1.54) is 26.4 Å². The first-order valence-electron chi connectivity index (χ1n) is 9.67. The predicted octanol–water partition coefficient (Wildman–Crippen LogP) is 3.74. The first-order chi connectivity index (χ1) is 15.8. The van der Waals surface area contributed by atoms with Crippen LogP contribution in [0.25, 0.3) is 33.4 Å². The van der Waals surface area contributed by atoms with E-state index in [0.717, 1.165) is 10.9 Å². The molecule has 0 unspecified atom stereocenters. The number of halogens is 3. The summed E-state index contributed by atoms with van der Waals surface area (Å²) in [4.78, 5) is 18.9. The number of nitrogens with one attached hydrogen (secondary N) is 2. The Morgan fingerprint density at radius 2 is 2.09 bits per heavy atom. The van der Waals surface area contributed by atoms with Gasteiger partial charge in [0, 0.05) is 41.5 Å². The van der Waals surface area contributed by atoms with Crippen LogP contribution in [0.15, 0.2) is 42.7 Å². The van der Waals surface area contributed by atoms with Crippen molar-refractivity contribution in [1.29, 1.82) is 5.26 Å². The molecule has 4 rings (SSSR count). The molecule has 0 aliphatic rings. The highest BCUT2D eigenvalue weighted by molar-refractivity contribution is 6.04. The molecule has 1 aromatic carbocycles. The van der Waals surface area contributed by atoms with Crippen LogP contribution in [0, 0.1) is 11.3 Å². The first kappa shape index (κ1) is 21.9. The van der Waals surface area contributed by atoms with Crippen molar-refractivity contribution < 1.29 is 22.7 Å². The number of methoxy groups -OCH3 is 1. The second-order valence-electron chi connectivity index (χ2n) is 7.06. The zero-order chi connectivity index (χ0) is 23.8. The highest BCUT2D eigenvalue weighted by Gasteiger charge is 2.39. The molecule has 11 heteroatoms. The molecule has 1 amide bonds. The number of pyridine rings is 1. The number of aromatic nitrogens is 4. The molecule has 8 nitrogen and oxygen atoms in total. The SMILES string of the molecule is CNC(=O)Cn1cc(-c2[nH]c3ncccc3c2-c2cc(OC)ccc2C#N)c(C(F)(F)F)n1. The molecule has 3 heterocycles. The van der Waals surface area contributed by atoms with Gasteiger partial charge in [0.05, 0.1) is 24.4 Å². The lowest BCUT2D eigenvalue weighted by Gasteiger charge is -2.10. The number of nitrogens with zero attached hydrogens (tertiary/aromatic N) is 4. The molecule has 0 radical (unpaired) electrons. The summed E-state index contributed by atoms with van der Waals surface area (Å²) in [5, 5.41) is 16.2. The van der Waals surface area contributed by atoms with E-state index in [0.29, 0.717) is 27.9 Å². The Balaban J connectivity index is 2.05. The van der Waals surface area contributed by atoms with E-state index in [4.69, 9.17) is 4.74 Å². The number of nitriles is 1. The summed E-state index contributed by atoms with van der Waals surface area (Å²) in [6.45, 7) is -0.393. The molecule has 3 aromatic heterocycles. The van der Waals surface area contributed by atoms with Crippen LogP contribution in [0.5, 0.6) is 5.75 Å². The Morgan fingerprint density at radius 3 is 2.76 bits per heavy atom. The van der Waals surface area contributed by atoms with Crippen LogP contribution in [0.4, 0.5) is 13.2 Å². The minimum absolute atomic E-state index is 0.0731. The van der Waals surface area contributed by atoms with Crippen LogP contribution in [0.2, 0.25) is 0 Å². The molecule has 0 aliphatic carbocycles. The van der Waals surface area contributed by atoms with Gasteiger partial charge in [-0.1, -0.05) is 0 Å². The molecule has 2 N–H and O–H groups in total.